The normalized spacial score (nSPS) is 12.0. The fraction of sp³-hybridized carbons (Fsp3) is 1.00. The Morgan fingerprint density at radius 3 is 2.22 bits per heavy atom. The lowest BCUT2D eigenvalue weighted by atomic mass is 10.2. The molecule has 0 heterocycles. The van der Waals surface area contributed by atoms with Crippen LogP contribution in [-0.4, -0.2) is 4.33 Å². The Labute approximate surface area is 67.0 Å². The molecule has 0 radical (unpaired) electrons. The van der Waals surface area contributed by atoms with Gasteiger partial charge in [0, 0.05) is 6.42 Å². The van der Waals surface area contributed by atoms with Gasteiger partial charge in [-0.2, -0.15) is 0 Å². The first-order chi connectivity index (χ1) is 4.06. The zero-order chi connectivity index (χ0) is 7.33. The van der Waals surface area contributed by atoms with Crippen molar-refractivity contribution in [2.45, 2.75) is 36.9 Å². The first-order valence-corrected chi connectivity index (χ1v) is 4.09. The maximum Gasteiger partial charge on any atom is 0.196 e. The van der Waals surface area contributed by atoms with Crippen molar-refractivity contribution in [3.05, 3.63) is 0 Å². The molecule has 0 aliphatic carbocycles. The third-order valence-corrected chi connectivity index (χ3v) is 1.55. The van der Waals surface area contributed by atoms with E-state index in [9.17, 15) is 4.39 Å². The van der Waals surface area contributed by atoms with Gasteiger partial charge < -0.3 is 0 Å². The van der Waals surface area contributed by atoms with E-state index >= 15 is 0 Å². The summed E-state index contributed by atoms with van der Waals surface area (Å²) in [6.07, 6.45) is 3.48. The third-order valence-electron chi connectivity index (χ3n) is 1.10. The largest absolute Gasteiger partial charge is 0.220 e. The number of unbranched alkanes of at least 4 members (excludes halogenated alkanes) is 2. The van der Waals surface area contributed by atoms with Gasteiger partial charge in [-0.05, 0) is 6.42 Å². The van der Waals surface area contributed by atoms with Crippen molar-refractivity contribution in [2.75, 3.05) is 0 Å². The molecule has 0 aromatic carbocycles. The Bertz CT molecular complexity index is 67.9. The quantitative estimate of drug-likeness (QED) is 0.360. The molecule has 0 N–H and O–H groups in total. The molecule has 0 saturated carbocycles. The van der Waals surface area contributed by atoms with Gasteiger partial charge in [0.05, 0.1) is 0 Å². The molecule has 0 saturated heterocycles. The summed E-state index contributed by atoms with van der Waals surface area (Å²) in [5.41, 5.74) is 0. The lowest BCUT2D eigenvalue weighted by Gasteiger charge is -2.09. The van der Waals surface area contributed by atoms with Gasteiger partial charge in [-0.1, -0.05) is 19.8 Å². The zero-order valence-corrected chi connectivity index (χ0v) is 7.39. The first-order valence-electron chi connectivity index (χ1n) is 3.20. The van der Waals surface area contributed by atoms with Crippen molar-refractivity contribution in [3.8, 4) is 0 Å². The minimum Gasteiger partial charge on any atom is -0.220 e. The molecular weight excluding hydrogens is 155 g/mol. The van der Waals surface area contributed by atoms with Gasteiger partial charge in [0.15, 0.2) is 4.33 Å². The van der Waals surface area contributed by atoms with E-state index in [0.29, 0.717) is 6.42 Å². The van der Waals surface area contributed by atoms with Gasteiger partial charge in [0.25, 0.3) is 0 Å². The summed E-state index contributed by atoms with van der Waals surface area (Å²) >= 11 is 7.25. The van der Waals surface area contributed by atoms with Crippen LogP contribution in [0.15, 0.2) is 0 Å². The summed E-state index contributed by atoms with van der Waals surface area (Å²) in [4.78, 5) is 0. The van der Waals surface area contributed by atoms with Gasteiger partial charge >= 0.3 is 0 Å². The van der Waals surface area contributed by atoms with Gasteiger partial charge in [0.1, 0.15) is 0 Å². The highest BCUT2D eigenvalue weighted by molar-refractivity contribution is 8.00. The lowest BCUT2D eigenvalue weighted by Crippen LogP contribution is -2.02. The minimum absolute atomic E-state index is 0.438. The molecule has 56 valence electrons. The summed E-state index contributed by atoms with van der Waals surface area (Å²) in [5, 5.41) is 0. The molecule has 0 amide bonds. The van der Waals surface area contributed by atoms with Crippen LogP contribution in [-0.2, 0) is 0 Å². The second-order valence-electron chi connectivity index (χ2n) is 2.18. The van der Waals surface area contributed by atoms with E-state index in [2.05, 4.69) is 32.2 Å². The Morgan fingerprint density at radius 2 is 1.89 bits per heavy atom. The third kappa shape index (κ3) is 8.63. The SMILES string of the molecule is CCCCCC(F)(S)S. The van der Waals surface area contributed by atoms with E-state index in [1.54, 1.807) is 0 Å². The number of alkyl halides is 1. The molecule has 0 rings (SSSR count). The number of rotatable bonds is 4. The lowest BCUT2D eigenvalue weighted by molar-refractivity contribution is 0.382. The standard InChI is InChI=1S/C6H13FS2/c1-2-3-4-5-6(7,8)9/h8-9H,2-5H2,1H3. The number of hydrogen-bond acceptors (Lipinski definition) is 2. The number of hydrogen-bond donors (Lipinski definition) is 2. The minimum atomic E-state index is -1.56. The Hall–Kier alpha value is 0.630. The molecule has 0 bridgehead atoms. The van der Waals surface area contributed by atoms with Crippen molar-refractivity contribution < 1.29 is 4.39 Å². The second kappa shape index (κ2) is 4.45. The predicted molar refractivity (Wildman–Crippen MR) is 46.0 cm³/mol. The fourth-order valence-corrected chi connectivity index (χ4v) is 0.916. The molecular formula is C6H13FS2. The molecule has 0 aliphatic rings. The second-order valence-corrected chi connectivity index (χ2v) is 3.95. The van der Waals surface area contributed by atoms with E-state index in [1.165, 1.54) is 0 Å². The van der Waals surface area contributed by atoms with Crippen LogP contribution in [0.4, 0.5) is 4.39 Å². The topological polar surface area (TPSA) is 0 Å². The smallest absolute Gasteiger partial charge is 0.196 e. The van der Waals surface area contributed by atoms with E-state index in [-0.39, 0.29) is 0 Å². The fourth-order valence-electron chi connectivity index (χ4n) is 0.600. The Morgan fingerprint density at radius 1 is 1.33 bits per heavy atom. The highest BCUT2D eigenvalue weighted by Crippen LogP contribution is 2.27. The van der Waals surface area contributed by atoms with Crippen LogP contribution < -0.4 is 0 Å². The van der Waals surface area contributed by atoms with Crippen molar-refractivity contribution in [3.63, 3.8) is 0 Å². The monoisotopic (exact) mass is 168 g/mol. The molecule has 3 heteroatoms. The average Bonchev–Trinajstić information content (AvgIpc) is 1.63. The average molecular weight is 168 g/mol. The van der Waals surface area contributed by atoms with Crippen molar-refractivity contribution >= 4 is 25.3 Å². The van der Waals surface area contributed by atoms with Crippen LogP contribution in [0.25, 0.3) is 0 Å². The number of halogens is 1. The highest BCUT2D eigenvalue weighted by Gasteiger charge is 2.16. The van der Waals surface area contributed by atoms with E-state index in [1.807, 2.05) is 0 Å². The van der Waals surface area contributed by atoms with E-state index < -0.39 is 4.33 Å². The maximum absolute atomic E-state index is 12.4. The van der Waals surface area contributed by atoms with Crippen LogP contribution in [0.3, 0.4) is 0 Å². The molecule has 0 aromatic heterocycles. The maximum atomic E-state index is 12.4. The molecule has 0 aromatic rings. The van der Waals surface area contributed by atoms with Crippen molar-refractivity contribution in [1.29, 1.82) is 0 Å². The molecule has 0 unspecified atom stereocenters. The van der Waals surface area contributed by atoms with Gasteiger partial charge in [-0.15, -0.1) is 25.3 Å². The summed E-state index contributed by atoms with van der Waals surface area (Å²) in [6.45, 7) is 2.08. The van der Waals surface area contributed by atoms with Crippen LogP contribution in [0.2, 0.25) is 0 Å². The van der Waals surface area contributed by atoms with Crippen LogP contribution >= 0.6 is 25.3 Å². The molecule has 9 heavy (non-hydrogen) atoms. The highest BCUT2D eigenvalue weighted by atomic mass is 32.2. The summed E-state index contributed by atoms with van der Waals surface area (Å²) in [5.74, 6) is 0. The molecule has 0 aliphatic heterocycles. The van der Waals surface area contributed by atoms with Crippen molar-refractivity contribution in [1.82, 2.24) is 0 Å². The zero-order valence-electron chi connectivity index (χ0n) is 5.60. The van der Waals surface area contributed by atoms with E-state index in [0.717, 1.165) is 19.3 Å². The van der Waals surface area contributed by atoms with Crippen LogP contribution in [0, 0.1) is 0 Å². The van der Waals surface area contributed by atoms with Crippen LogP contribution in [0.1, 0.15) is 32.6 Å². The Balaban J connectivity index is 3.07. The summed E-state index contributed by atoms with van der Waals surface area (Å²) in [7, 11) is 0. The first kappa shape index (κ1) is 9.63. The molecule has 0 atom stereocenters. The molecule has 0 fully saturated rings. The van der Waals surface area contributed by atoms with Crippen molar-refractivity contribution in [2.24, 2.45) is 0 Å². The molecule has 0 nitrogen and oxygen atoms in total. The van der Waals surface area contributed by atoms with Gasteiger partial charge in [0.2, 0.25) is 0 Å². The Kier molecular flexibility index (Phi) is 4.76. The van der Waals surface area contributed by atoms with E-state index in [4.69, 9.17) is 0 Å². The van der Waals surface area contributed by atoms with Gasteiger partial charge in [-0.25, -0.2) is 4.39 Å². The summed E-state index contributed by atoms with van der Waals surface area (Å²) < 4.78 is 10.9. The predicted octanol–water partition coefficient (Wildman–Crippen LogP) is 3.05. The molecule has 0 spiro atoms. The van der Waals surface area contributed by atoms with Gasteiger partial charge in [-0.3, -0.25) is 0 Å². The van der Waals surface area contributed by atoms with Crippen LogP contribution in [0.5, 0.6) is 0 Å². The number of thiol groups is 2. The summed E-state index contributed by atoms with van der Waals surface area (Å²) in [6, 6.07) is 0.